The van der Waals surface area contributed by atoms with Gasteiger partial charge in [0.1, 0.15) is 5.54 Å². The number of anilines is 1. The van der Waals surface area contributed by atoms with Gasteiger partial charge in [-0.15, -0.1) is 0 Å². The van der Waals surface area contributed by atoms with Crippen LogP contribution in [0.25, 0.3) is 0 Å². The molecule has 0 saturated carbocycles. The number of para-hydroxylation sites is 1. The summed E-state index contributed by atoms with van der Waals surface area (Å²) in [5.41, 5.74) is -1.10. The van der Waals surface area contributed by atoms with Crippen molar-refractivity contribution in [2.75, 3.05) is 12.4 Å². The van der Waals surface area contributed by atoms with Crippen molar-refractivity contribution < 1.29 is 14.7 Å². The molecule has 0 radical (unpaired) electrons. The molecule has 0 aliphatic heterocycles. The summed E-state index contributed by atoms with van der Waals surface area (Å²) < 4.78 is 0. The fraction of sp³-hybridized carbons (Fsp3) is 0.333. The Morgan fingerprint density at radius 3 is 2.16 bits per heavy atom. The lowest BCUT2D eigenvalue weighted by molar-refractivity contribution is -0.146. The van der Waals surface area contributed by atoms with Crippen molar-refractivity contribution in [3.63, 3.8) is 0 Å². The summed E-state index contributed by atoms with van der Waals surface area (Å²) in [6.07, 6.45) is 0. The summed E-state index contributed by atoms with van der Waals surface area (Å²) in [5, 5.41) is 12.1. The van der Waals surface area contributed by atoms with Crippen LogP contribution in [0.15, 0.2) is 18.2 Å². The number of halogens is 2. The molecule has 0 fully saturated rings. The Balaban J connectivity index is 2.95. The molecule has 0 unspecified atom stereocenters. The highest BCUT2D eigenvalue weighted by Gasteiger charge is 2.35. The number of urea groups is 1. The first kappa shape index (κ1) is 15.6. The van der Waals surface area contributed by atoms with Crippen molar-refractivity contribution in [3.8, 4) is 0 Å². The number of hydrogen-bond acceptors (Lipinski definition) is 2. The van der Waals surface area contributed by atoms with Crippen LogP contribution in [-0.4, -0.2) is 34.6 Å². The van der Waals surface area contributed by atoms with E-state index in [4.69, 9.17) is 28.3 Å². The van der Waals surface area contributed by atoms with Crippen molar-refractivity contribution in [1.82, 2.24) is 4.90 Å². The first-order chi connectivity index (χ1) is 8.67. The molecule has 2 amide bonds. The smallest absolute Gasteiger partial charge is 0.329 e. The van der Waals surface area contributed by atoms with E-state index in [-0.39, 0.29) is 15.7 Å². The second-order valence-electron chi connectivity index (χ2n) is 4.45. The summed E-state index contributed by atoms with van der Waals surface area (Å²) in [7, 11) is 1.38. The number of carboxylic acid groups (broad SMARTS) is 1. The fourth-order valence-corrected chi connectivity index (χ4v) is 1.70. The maximum Gasteiger partial charge on any atom is 0.329 e. The van der Waals surface area contributed by atoms with E-state index in [1.54, 1.807) is 18.2 Å². The second-order valence-corrected chi connectivity index (χ2v) is 5.26. The number of carbonyl (C=O) groups excluding carboxylic acids is 1. The lowest BCUT2D eigenvalue weighted by Gasteiger charge is -2.31. The lowest BCUT2D eigenvalue weighted by atomic mass is 10.1. The minimum atomic E-state index is -1.35. The number of hydrogen-bond donors (Lipinski definition) is 2. The largest absolute Gasteiger partial charge is 0.480 e. The van der Waals surface area contributed by atoms with Crippen molar-refractivity contribution in [2.24, 2.45) is 0 Å². The predicted octanol–water partition coefficient (Wildman–Crippen LogP) is 3.32. The first-order valence-electron chi connectivity index (χ1n) is 5.40. The summed E-state index contributed by atoms with van der Waals surface area (Å²) in [5.74, 6) is -1.12. The van der Waals surface area contributed by atoms with Gasteiger partial charge in [0, 0.05) is 7.05 Å². The highest BCUT2D eigenvalue weighted by Crippen LogP contribution is 2.30. The van der Waals surface area contributed by atoms with Crippen LogP contribution in [-0.2, 0) is 4.79 Å². The van der Waals surface area contributed by atoms with Gasteiger partial charge in [0.15, 0.2) is 0 Å². The van der Waals surface area contributed by atoms with Crippen LogP contribution in [0.1, 0.15) is 13.8 Å². The number of nitrogens with one attached hydrogen (secondary N) is 1. The quantitative estimate of drug-likeness (QED) is 0.900. The standard InChI is InChI=1S/C12H14Cl2N2O3/c1-12(2,10(17)18)16(3)11(19)15-9-7(13)5-4-6-8(9)14/h4-6H,1-3H3,(H,15,19)(H,17,18). The van der Waals surface area contributed by atoms with E-state index < -0.39 is 17.5 Å². The molecule has 0 atom stereocenters. The van der Waals surface area contributed by atoms with Crippen LogP contribution in [0.4, 0.5) is 10.5 Å². The molecule has 1 aromatic carbocycles. The van der Waals surface area contributed by atoms with Crippen molar-refractivity contribution in [3.05, 3.63) is 28.2 Å². The van der Waals surface area contributed by atoms with Crippen LogP contribution < -0.4 is 5.32 Å². The Hall–Kier alpha value is -1.46. The topological polar surface area (TPSA) is 69.6 Å². The monoisotopic (exact) mass is 304 g/mol. The SMILES string of the molecule is CN(C(=O)Nc1c(Cl)cccc1Cl)C(C)(C)C(=O)O. The molecule has 5 nitrogen and oxygen atoms in total. The molecule has 0 bridgehead atoms. The fourth-order valence-electron chi connectivity index (χ4n) is 1.21. The molecular formula is C12H14Cl2N2O3. The molecule has 7 heteroatoms. The summed E-state index contributed by atoms with van der Waals surface area (Å²) in [6, 6.07) is 4.18. The van der Waals surface area contributed by atoms with Crippen molar-refractivity contribution in [1.29, 1.82) is 0 Å². The van der Waals surface area contributed by atoms with Crippen LogP contribution >= 0.6 is 23.2 Å². The van der Waals surface area contributed by atoms with Crippen LogP contribution in [0, 0.1) is 0 Å². The Bertz CT molecular complexity index is 497. The van der Waals surface area contributed by atoms with Gasteiger partial charge >= 0.3 is 12.0 Å². The van der Waals surface area contributed by atoms with Crippen molar-refractivity contribution >= 4 is 40.9 Å². The Kier molecular flexibility index (Phi) is 4.66. The van der Waals surface area contributed by atoms with Gasteiger partial charge in [-0.05, 0) is 26.0 Å². The van der Waals surface area contributed by atoms with E-state index in [0.717, 1.165) is 4.90 Å². The number of carbonyl (C=O) groups is 2. The third-order valence-electron chi connectivity index (χ3n) is 2.86. The number of benzene rings is 1. The average molecular weight is 305 g/mol. The molecular weight excluding hydrogens is 291 g/mol. The Labute approximate surface area is 121 Å². The maximum absolute atomic E-state index is 12.0. The van der Waals surface area contributed by atoms with Gasteiger partial charge in [0.05, 0.1) is 15.7 Å². The van der Waals surface area contributed by atoms with Crippen molar-refractivity contribution in [2.45, 2.75) is 19.4 Å². The average Bonchev–Trinajstić information content (AvgIpc) is 2.32. The zero-order valence-corrected chi connectivity index (χ0v) is 12.2. The van der Waals surface area contributed by atoms with E-state index in [2.05, 4.69) is 5.32 Å². The van der Waals surface area contributed by atoms with E-state index in [1.807, 2.05) is 0 Å². The van der Waals surface area contributed by atoms with E-state index >= 15 is 0 Å². The number of rotatable bonds is 3. The molecule has 1 rings (SSSR count). The van der Waals surface area contributed by atoms with Gasteiger partial charge in [-0.25, -0.2) is 9.59 Å². The Morgan fingerprint density at radius 1 is 1.26 bits per heavy atom. The normalized spacial score (nSPS) is 11.0. The maximum atomic E-state index is 12.0. The Morgan fingerprint density at radius 2 is 1.74 bits per heavy atom. The molecule has 1 aromatic rings. The summed E-state index contributed by atoms with van der Waals surface area (Å²) in [4.78, 5) is 24.1. The van der Waals surface area contributed by atoms with Gasteiger partial charge < -0.3 is 15.3 Å². The number of nitrogens with zero attached hydrogens (tertiary/aromatic N) is 1. The zero-order valence-electron chi connectivity index (χ0n) is 10.7. The molecule has 0 spiro atoms. The minimum Gasteiger partial charge on any atom is -0.480 e. The third-order valence-corrected chi connectivity index (χ3v) is 3.49. The molecule has 0 heterocycles. The molecule has 19 heavy (non-hydrogen) atoms. The summed E-state index contributed by atoms with van der Waals surface area (Å²) >= 11 is 11.8. The van der Waals surface area contributed by atoms with Gasteiger partial charge in [-0.2, -0.15) is 0 Å². The predicted molar refractivity (Wildman–Crippen MR) is 75.0 cm³/mol. The molecule has 0 saturated heterocycles. The molecule has 0 aliphatic carbocycles. The van der Waals surface area contributed by atoms with Gasteiger partial charge in [-0.1, -0.05) is 29.3 Å². The lowest BCUT2D eigenvalue weighted by Crippen LogP contribution is -2.52. The van der Waals surface area contributed by atoms with Gasteiger partial charge in [-0.3, -0.25) is 0 Å². The molecule has 2 N–H and O–H groups in total. The third kappa shape index (κ3) is 3.30. The first-order valence-corrected chi connectivity index (χ1v) is 6.15. The van der Waals surface area contributed by atoms with Gasteiger partial charge in [0.25, 0.3) is 0 Å². The van der Waals surface area contributed by atoms with Crippen LogP contribution in [0.2, 0.25) is 10.0 Å². The van der Waals surface area contributed by atoms with E-state index in [0.29, 0.717) is 0 Å². The summed E-state index contributed by atoms with van der Waals surface area (Å²) in [6.45, 7) is 2.84. The highest BCUT2D eigenvalue weighted by atomic mass is 35.5. The molecule has 0 aromatic heterocycles. The minimum absolute atomic E-state index is 0.254. The van der Waals surface area contributed by atoms with E-state index in [1.165, 1.54) is 20.9 Å². The number of amides is 2. The highest BCUT2D eigenvalue weighted by molar-refractivity contribution is 6.39. The number of carboxylic acids is 1. The molecule has 104 valence electrons. The van der Waals surface area contributed by atoms with Crippen LogP contribution in [0.3, 0.4) is 0 Å². The number of aliphatic carboxylic acids is 1. The zero-order chi connectivity index (χ0) is 14.8. The molecule has 0 aliphatic rings. The van der Waals surface area contributed by atoms with Crippen LogP contribution in [0.5, 0.6) is 0 Å². The number of likely N-dealkylation sites (N-methyl/N-ethyl adjacent to an activating group) is 1. The second kappa shape index (κ2) is 5.67. The van der Waals surface area contributed by atoms with E-state index in [9.17, 15) is 9.59 Å². The van der Waals surface area contributed by atoms with Gasteiger partial charge in [0.2, 0.25) is 0 Å².